The lowest BCUT2D eigenvalue weighted by Crippen LogP contribution is -1.78. The third kappa shape index (κ3) is 1.23. The van der Waals surface area contributed by atoms with Gasteiger partial charge in [-0.1, -0.05) is 0 Å². The number of hydrogen-bond acceptors (Lipinski definition) is 4. The first-order valence-corrected chi connectivity index (χ1v) is 4.46. The highest BCUT2D eigenvalue weighted by atomic mass is 35.5. The number of nitrogens with zero attached hydrogens (tertiary/aromatic N) is 2. The fourth-order valence-corrected chi connectivity index (χ4v) is 1.54. The Balaban J connectivity index is 2.50. The van der Waals surface area contributed by atoms with E-state index in [1.165, 1.54) is 11.5 Å². The molecule has 0 saturated heterocycles. The van der Waals surface area contributed by atoms with Gasteiger partial charge >= 0.3 is 0 Å². The van der Waals surface area contributed by atoms with E-state index in [1.54, 1.807) is 6.26 Å². The molecule has 0 aliphatic rings. The largest absolute Gasteiger partial charge is 0.469 e. The fraction of sp³-hybridized carbons (Fsp3) is 0.143. The lowest BCUT2D eigenvalue weighted by Gasteiger charge is -1.88. The van der Waals surface area contributed by atoms with Gasteiger partial charge in [0.05, 0.1) is 11.8 Å². The van der Waals surface area contributed by atoms with E-state index in [9.17, 15) is 0 Å². The van der Waals surface area contributed by atoms with E-state index in [1.807, 2.05) is 13.0 Å². The molecule has 2 aromatic rings. The number of furan rings is 1. The second-order valence-corrected chi connectivity index (χ2v) is 3.60. The van der Waals surface area contributed by atoms with E-state index < -0.39 is 0 Å². The Morgan fingerprint density at radius 2 is 2.42 bits per heavy atom. The van der Waals surface area contributed by atoms with Crippen molar-refractivity contribution >= 4 is 23.1 Å². The van der Waals surface area contributed by atoms with Crippen LogP contribution in [0.3, 0.4) is 0 Å². The van der Waals surface area contributed by atoms with Crippen LogP contribution in [-0.2, 0) is 0 Å². The van der Waals surface area contributed by atoms with Crippen LogP contribution >= 0.6 is 23.1 Å². The van der Waals surface area contributed by atoms with Crippen molar-refractivity contribution in [1.29, 1.82) is 0 Å². The molecule has 0 aromatic carbocycles. The van der Waals surface area contributed by atoms with Crippen LogP contribution in [0.25, 0.3) is 11.4 Å². The molecule has 0 atom stereocenters. The number of aryl methyl sites for hydroxylation is 1. The predicted octanol–water partition coefficient (Wildman–Crippen LogP) is 2.76. The quantitative estimate of drug-likeness (QED) is 0.711. The molecule has 62 valence electrons. The van der Waals surface area contributed by atoms with Crippen LogP contribution in [0.5, 0.6) is 0 Å². The van der Waals surface area contributed by atoms with Gasteiger partial charge in [0.1, 0.15) is 5.76 Å². The summed E-state index contributed by atoms with van der Waals surface area (Å²) in [4.78, 5) is 4.03. The summed E-state index contributed by atoms with van der Waals surface area (Å²) in [5, 5.41) is 0. The van der Waals surface area contributed by atoms with Crippen molar-refractivity contribution < 1.29 is 4.42 Å². The summed E-state index contributed by atoms with van der Waals surface area (Å²) in [6.07, 6.45) is 1.61. The van der Waals surface area contributed by atoms with Crippen molar-refractivity contribution in [3.05, 3.63) is 22.6 Å². The summed E-state index contributed by atoms with van der Waals surface area (Å²) in [5.41, 5.74) is 0.901. The minimum absolute atomic E-state index is 0.450. The standard InChI is InChI=1S/C7H5ClN2OS/c1-4-5(2-3-11-4)6-9-7(8)12-10-6/h2-3H,1H3. The van der Waals surface area contributed by atoms with E-state index in [4.69, 9.17) is 16.0 Å². The molecule has 2 rings (SSSR count). The summed E-state index contributed by atoms with van der Waals surface area (Å²) in [7, 11) is 0. The molecule has 0 saturated carbocycles. The Labute approximate surface area is 78.2 Å². The van der Waals surface area contributed by atoms with Gasteiger partial charge in [0.15, 0.2) is 5.82 Å². The normalized spacial score (nSPS) is 10.5. The predicted molar refractivity (Wildman–Crippen MR) is 47.4 cm³/mol. The van der Waals surface area contributed by atoms with Gasteiger partial charge in [-0.25, -0.2) is 4.98 Å². The fourth-order valence-electron chi connectivity index (χ4n) is 0.931. The molecular weight excluding hydrogens is 196 g/mol. The minimum atomic E-state index is 0.450. The summed E-state index contributed by atoms with van der Waals surface area (Å²) in [6, 6.07) is 1.83. The van der Waals surface area contributed by atoms with Crippen LogP contribution in [0.1, 0.15) is 5.76 Å². The van der Waals surface area contributed by atoms with Crippen LogP contribution in [0.15, 0.2) is 16.7 Å². The summed E-state index contributed by atoms with van der Waals surface area (Å²) in [5.74, 6) is 1.45. The maximum atomic E-state index is 5.64. The van der Waals surface area contributed by atoms with Crippen molar-refractivity contribution in [3.63, 3.8) is 0 Å². The monoisotopic (exact) mass is 200 g/mol. The smallest absolute Gasteiger partial charge is 0.203 e. The van der Waals surface area contributed by atoms with Crippen molar-refractivity contribution in [2.24, 2.45) is 0 Å². The third-order valence-corrected chi connectivity index (χ3v) is 2.30. The first-order valence-electron chi connectivity index (χ1n) is 3.31. The molecule has 0 N–H and O–H groups in total. The average Bonchev–Trinajstić information content (AvgIpc) is 2.58. The van der Waals surface area contributed by atoms with Gasteiger partial charge < -0.3 is 4.42 Å². The third-order valence-electron chi connectivity index (χ3n) is 1.50. The van der Waals surface area contributed by atoms with Gasteiger partial charge in [-0.2, -0.15) is 4.37 Å². The van der Waals surface area contributed by atoms with E-state index in [0.29, 0.717) is 10.3 Å². The molecule has 0 fully saturated rings. The molecule has 12 heavy (non-hydrogen) atoms. The zero-order valence-corrected chi connectivity index (χ0v) is 7.82. The highest BCUT2D eigenvalue weighted by Gasteiger charge is 2.09. The molecule has 0 amide bonds. The number of rotatable bonds is 1. The molecule has 2 aromatic heterocycles. The molecule has 0 unspecified atom stereocenters. The van der Waals surface area contributed by atoms with E-state index in [-0.39, 0.29) is 0 Å². The second kappa shape index (κ2) is 2.88. The molecule has 2 heterocycles. The average molecular weight is 201 g/mol. The Hall–Kier alpha value is -0.870. The highest BCUT2D eigenvalue weighted by Crippen LogP contribution is 2.24. The number of aromatic nitrogens is 2. The van der Waals surface area contributed by atoms with E-state index in [0.717, 1.165) is 11.3 Å². The maximum Gasteiger partial charge on any atom is 0.203 e. The van der Waals surface area contributed by atoms with E-state index in [2.05, 4.69) is 9.36 Å². The van der Waals surface area contributed by atoms with Gasteiger partial charge in [-0.05, 0) is 36.1 Å². The maximum absolute atomic E-state index is 5.64. The molecule has 3 nitrogen and oxygen atoms in total. The van der Waals surface area contributed by atoms with Crippen molar-refractivity contribution in [1.82, 2.24) is 9.36 Å². The van der Waals surface area contributed by atoms with Gasteiger partial charge in [-0.3, -0.25) is 0 Å². The van der Waals surface area contributed by atoms with Crippen molar-refractivity contribution in [2.45, 2.75) is 6.92 Å². The van der Waals surface area contributed by atoms with Crippen molar-refractivity contribution in [3.8, 4) is 11.4 Å². The van der Waals surface area contributed by atoms with E-state index >= 15 is 0 Å². The van der Waals surface area contributed by atoms with Crippen LogP contribution in [0.2, 0.25) is 4.47 Å². The Bertz CT molecular complexity index is 396. The number of halogens is 1. The zero-order chi connectivity index (χ0) is 8.55. The summed E-state index contributed by atoms with van der Waals surface area (Å²) >= 11 is 6.82. The number of hydrogen-bond donors (Lipinski definition) is 0. The highest BCUT2D eigenvalue weighted by molar-refractivity contribution is 7.10. The topological polar surface area (TPSA) is 38.9 Å². The molecular formula is C7H5ClN2OS. The first-order chi connectivity index (χ1) is 5.77. The molecule has 0 spiro atoms. The summed E-state index contributed by atoms with van der Waals surface area (Å²) in [6.45, 7) is 1.87. The molecule has 0 aliphatic heterocycles. The van der Waals surface area contributed by atoms with Crippen LogP contribution in [-0.4, -0.2) is 9.36 Å². The molecule has 0 radical (unpaired) electrons. The van der Waals surface area contributed by atoms with Gasteiger partial charge in [0.25, 0.3) is 0 Å². The Morgan fingerprint density at radius 3 is 2.92 bits per heavy atom. The van der Waals surface area contributed by atoms with Gasteiger partial charge in [0.2, 0.25) is 4.47 Å². The van der Waals surface area contributed by atoms with Crippen LogP contribution < -0.4 is 0 Å². The van der Waals surface area contributed by atoms with Gasteiger partial charge in [0, 0.05) is 0 Å². The second-order valence-electron chi connectivity index (χ2n) is 2.26. The van der Waals surface area contributed by atoms with Crippen LogP contribution in [0, 0.1) is 6.92 Å². The Kier molecular flexibility index (Phi) is 1.86. The Morgan fingerprint density at radius 1 is 1.58 bits per heavy atom. The zero-order valence-electron chi connectivity index (χ0n) is 6.24. The lowest BCUT2D eigenvalue weighted by molar-refractivity contribution is 0.535. The minimum Gasteiger partial charge on any atom is -0.469 e. The SMILES string of the molecule is Cc1occc1-c1nsc(Cl)n1. The summed E-state index contributed by atoms with van der Waals surface area (Å²) < 4.78 is 9.62. The molecule has 0 aliphatic carbocycles. The van der Waals surface area contributed by atoms with Crippen LogP contribution in [0.4, 0.5) is 0 Å². The van der Waals surface area contributed by atoms with Crippen molar-refractivity contribution in [2.75, 3.05) is 0 Å². The van der Waals surface area contributed by atoms with Gasteiger partial charge in [-0.15, -0.1) is 0 Å². The molecule has 5 heteroatoms. The lowest BCUT2D eigenvalue weighted by atomic mass is 10.2. The molecule has 0 bridgehead atoms. The first kappa shape index (κ1) is 7.76.